The van der Waals surface area contributed by atoms with Gasteiger partial charge in [-0.05, 0) is 31.9 Å². The molecule has 2 fully saturated rings. The van der Waals surface area contributed by atoms with Crippen molar-refractivity contribution in [3.05, 3.63) is 35.9 Å². The van der Waals surface area contributed by atoms with Crippen LogP contribution >= 0.6 is 0 Å². The molecule has 0 amide bonds. The molecule has 2 nitrogen and oxygen atoms in total. The van der Waals surface area contributed by atoms with E-state index in [0.29, 0.717) is 0 Å². The Kier molecular flexibility index (Phi) is 2.69. The number of hydrogen-bond acceptors (Lipinski definition) is 2. The highest BCUT2D eigenvalue weighted by atomic mass is 16.6. The van der Waals surface area contributed by atoms with Crippen LogP contribution in [0.3, 0.4) is 0 Å². The third-order valence-corrected chi connectivity index (χ3v) is 4.13. The minimum absolute atomic E-state index is 0.214. The highest BCUT2D eigenvalue weighted by Crippen LogP contribution is 2.53. The molecule has 94 valence electrons. The van der Waals surface area contributed by atoms with Gasteiger partial charge >= 0.3 is 0 Å². The van der Waals surface area contributed by atoms with Crippen molar-refractivity contribution >= 4 is 0 Å². The van der Waals surface area contributed by atoms with E-state index >= 15 is 0 Å². The van der Waals surface area contributed by atoms with E-state index in [-0.39, 0.29) is 6.10 Å². The van der Waals surface area contributed by atoms with E-state index in [2.05, 4.69) is 11.8 Å². The lowest BCUT2D eigenvalue weighted by Gasteiger charge is -2.28. The van der Waals surface area contributed by atoms with Crippen molar-refractivity contribution in [2.75, 3.05) is 0 Å². The third kappa shape index (κ3) is 1.84. The Morgan fingerprint density at radius 2 is 2.11 bits per heavy atom. The van der Waals surface area contributed by atoms with Crippen LogP contribution in [0.4, 0.5) is 0 Å². The van der Waals surface area contributed by atoms with E-state index in [1.54, 1.807) is 6.92 Å². The number of fused-ring (bicyclic) bond motifs is 1. The summed E-state index contributed by atoms with van der Waals surface area (Å²) in [5, 5.41) is 10.6. The van der Waals surface area contributed by atoms with Gasteiger partial charge in [0.15, 0.2) is 5.60 Å². The molecule has 0 unspecified atom stereocenters. The molecule has 1 saturated carbocycles. The average molecular weight is 242 g/mol. The van der Waals surface area contributed by atoms with Gasteiger partial charge in [0.1, 0.15) is 5.60 Å². The molecule has 2 heteroatoms. The molecule has 1 aliphatic heterocycles. The predicted octanol–water partition coefficient (Wildman–Crippen LogP) is 2.50. The molecule has 1 aromatic rings. The molecule has 3 rings (SSSR count). The van der Waals surface area contributed by atoms with Crippen LogP contribution < -0.4 is 0 Å². The van der Waals surface area contributed by atoms with Gasteiger partial charge in [-0.2, -0.15) is 0 Å². The van der Waals surface area contributed by atoms with Crippen molar-refractivity contribution in [1.29, 1.82) is 0 Å². The van der Waals surface area contributed by atoms with Gasteiger partial charge in [0, 0.05) is 5.56 Å². The summed E-state index contributed by atoms with van der Waals surface area (Å²) in [6.45, 7) is 1.79. The number of benzene rings is 1. The van der Waals surface area contributed by atoms with E-state index < -0.39 is 11.2 Å². The van der Waals surface area contributed by atoms with E-state index in [1.807, 2.05) is 30.3 Å². The molecule has 1 heterocycles. The van der Waals surface area contributed by atoms with Gasteiger partial charge in [0.05, 0.1) is 6.10 Å². The number of epoxide rings is 1. The van der Waals surface area contributed by atoms with Crippen molar-refractivity contribution in [2.45, 2.75) is 49.9 Å². The maximum Gasteiger partial charge on any atom is 0.154 e. The average Bonchev–Trinajstić information content (AvgIpc) is 3.14. The summed E-state index contributed by atoms with van der Waals surface area (Å²) in [5.41, 5.74) is -0.511. The van der Waals surface area contributed by atoms with Crippen LogP contribution in [0.2, 0.25) is 0 Å². The first-order valence-electron chi connectivity index (χ1n) is 6.62. The highest BCUT2D eigenvalue weighted by molar-refractivity contribution is 5.38. The molecule has 0 radical (unpaired) electrons. The summed E-state index contributed by atoms with van der Waals surface area (Å²) in [4.78, 5) is 0. The minimum Gasteiger partial charge on any atom is -0.375 e. The molecule has 0 bridgehead atoms. The number of ether oxygens (including phenoxy) is 1. The van der Waals surface area contributed by atoms with Crippen LogP contribution in [0.15, 0.2) is 30.3 Å². The zero-order valence-electron chi connectivity index (χ0n) is 10.6. The smallest absolute Gasteiger partial charge is 0.154 e. The molecule has 1 aromatic carbocycles. The maximum atomic E-state index is 10.6. The van der Waals surface area contributed by atoms with E-state index in [1.165, 1.54) is 6.42 Å². The van der Waals surface area contributed by atoms with Gasteiger partial charge in [0.25, 0.3) is 0 Å². The Morgan fingerprint density at radius 1 is 1.33 bits per heavy atom. The van der Waals surface area contributed by atoms with Gasteiger partial charge in [-0.25, -0.2) is 0 Å². The first-order chi connectivity index (χ1) is 8.64. The second kappa shape index (κ2) is 4.12. The van der Waals surface area contributed by atoms with Crippen molar-refractivity contribution in [2.24, 2.45) is 0 Å². The Morgan fingerprint density at radius 3 is 2.83 bits per heavy atom. The zero-order chi connectivity index (χ0) is 12.6. The number of hydrogen-bond donors (Lipinski definition) is 1. The monoisotopic (exact) mass is 242 g/mol. The molecule has 1 saturated heterocycles. The lowest BCUT2D eigenvalue weighted by atomic mass is 9.77. The first-order valence-corrected chi connectivity index (χ1v) is 6.62. The molecule has 2 aliphatic rings. The van der Waals surface area contributed by atoms with Crippen LogP contribution in [0.5, 0.6) is 0 Å². The van der Waals surface area contributed by atoms with E-state index in [9.17, 15) is 5.11 Å². The van der Waals surface area contributed by atoms with Gasteiger partial charge in [-0.15, -0.1) is 0 Å². The van der Waals surface area contributed by atoms with Gasteiger partial charge in [0.2, 0.25) is 0 Å². The highest BCUT2D eigenvalue weighted by Gasteiger charge is 2.66. The molecule has 3 atom stereocenters. The Hall–Kier alpha value is -1.30. The first kappa shape index (κ1) is 11.8. The summed E-state index contributed by atoms with van der Waals surface area (Å²) >= 11 is 0. The predicted molar refractivity (Wildman–Crippen MR) is 70.0 cm³/mol. The lowest BCUT2D eigenvalue weighted by molar-refractivity contribution is 0.0220. The van der Waals surface area contributed by atoms with Crippen LogP contribution in [0, 0.1) is 11.8 Å². The molecule has 0 spiro atoms. The van der Waals surface area contributed by atoms with Crippen molar-refractivity contribution in [3.63, 3.8) is 0 Å². The normalized spacial score (nSPS) is 32.7. The molecule has 1 aliphatic carbocycles. The fourth-order valence-corrected chi connectivity index (χ4v) is 2.94. The lowest BCUT2D eigenvalue weighted by Crippen LogP contribution is -2.44. The van der Waals surface area contributed by atoms with Crippen molar-refractivity contribution in [3.8, 4) is 11.8 Å². The summed E-state index contributed by atoms with van der Waals surface area (Å²) in [7, 11) is 0. The summed E-state index contributed by atoms with van der Waals surface area (Å²) < 4.78 is 5.77. The zero-order valence-corrected chi connectivity index (χ0v) is 10.6. The number of rotatable bonds is 1. The topological polar surface area (TPSA) is 32.8 Å². The molecular formula is C16H18O2. The van der Waals surface area contributed by atoms with Crippen LogP contribution in [0.1, 0.15) is 38.2 Å². The Labute approximate surface area is 108 Å². The quantitative estimate of drug-likeness (QED) is 0.606. The maximum absolute atomic E-state index is 10.6. The second-order valence-electron chi connectivity index (χ2n) is 5.43. The summed E-state index contributed by atoms with van der Waals surface area (Å²) in [6.07, 6.45) is 4.53. The largest absolute Gasteiger partial charge is 0.375 e. The third-order valence-electron chi connectivity index (χ3n) is 4.13. The standard InChI is InChI=1S/C16H18O2/c1-15(17,12-10-13-7-3-2-4-8-13)16-11-6-5-9-14(16)18-16/h2-4,7-8,14,17H,5-6,9,11H2,1H3/t14-,15-,16+/m0/s1. The Balaban J connectivity index is 1.82. The fourth-order valence-electron chi connectivity index (χ4n) is 2.94. The second-order valence-corrected chi connectivity index (χ2v) is 5.43. The van der Waals surface area contributed by atoms with Gasteiger partial charge in [-0.1, -0.05) is 42.9 Å². The molecule has 1 N–H and O–H groups in total. The van der Waals surface area contributed by atoms with Crippen LogP contribution in [0.25, 0.3) is 0 Å². The van der Waals surface area contributed by atoms with Crippen molar-refractivity contribution < 1.29 is 9.84 Å². The summed E-state index contributed by atoms with van der Waals surface area (Å²) in [5.74, 6) is 6.06. The van der Waals surface area contributed by atoms with Crippen LogP contribution in [-0.4, -0.2) is 22.4 Å². The molecule has 18 heavy (non-hydrogen) atoms. The Bertz CT molecular complexity index is 495. The van der Waals surface area contributed by atoms with Gasteiger partial charge in [-0.3, -0.25) is 0 Å². The fraction of sp³-hybridized carbons (Fsp3) is 0.500. The van der Waals surface area contributed by atoms with E-state index in [0.717, 1.165) is 24.8 Å². The molecular weight excluding hydrogens is 224 g/mol. The van der Waals surface area contributed by atoms with Crippen molar-refractivity contribution in [1.82, 2.24) is 0 Å². The van der Waals surface area contributed by atoms with Gasteiger partial charge < -0.3 is 9.84 Å². The SMILES string of the molecule is C[C@](O)(C#Cc1ccccc1)[C@@]12CCCC[C@@H]1O2. The summed E-state index contributed by atoms with van der Waals surface area (Å²) in [6, 6.07) is 9.77. The van der Waals surface area contributed by atoms with E-state index in [4.69, 9.17) is 4.74 Å². The minimum atomic E-state index is -1.05. The van der Waals surface area contributed by atoms with Crippen LogP contribution in [-0.2, 0) is 4.74 Å². The molecule has 0 aromatic heterocycles. The number of aliphatic hydroxyl groups is 1.